The van der Waals surface area contributed by atoms with Gasteiger partial charge in [0.2, 0.25) is 10.0 Å². The third-order valence-corrected chi connectivity index (χ3v) is 10.7. The summed E-state index contributed by atoms with van der Waals surface area (Å²) in [5.74, 6) is 1.38. The van der Waals surface area contributed by atoms with Crippen molar-refractivity contribution in [1.29, 1.82) is 0 Å². The molecule has 1 aromatic heterocycles. The van der Waals surface area contributed by atoms with Crippen molar-refractivity contribution < 1.29 is 17.9 Å². The number of methoxy groups -OCH3 is 1. The molecule has 0 atom stereocenters. The molecule has 1 N–H and O–H groups in total. The summed E-state index contributed by atoms with van der Waals surface area (Å²) in [6, 6.07) is 6.52. The number of nitrogens with zero attached hydrogens (tertiary/aromatic N) is 2. The third-order valence-electron chi connectivity index (χ3n) is 7.79. The molecule has 34 heavy (non-hydrogen) atoms. The number of carbonyl (C=O) groups is 1. The lowest BCUT2D eigenvalue weighted by molar-refractivity contribution is 0.0897. The van der Waals surface area contributed by atoms with Gasteiger partial charge in [-0.3, -0.25) is 4.79 Å². The Labute approximate surface area is 206 Å². The summed E-state index contributed by atoms with van der Waals surface area (Å²) < 4.78 is 32.7. The van der Waals surface area contributed by atoms with Gasteiger partial charge in [-0.15, -0.1) is 11.3 Å². The van der Waals surface area contributed by atoms with Gasteiger partial charge in [-0.1, -0.05) is 19.3 Å². The number of rotatable bonds is 7. The van der Waals surface area contributed by atoms with E-state index in [1.807, 2.05) is 5.38 Å². The fraction of sp³-hybridized carbons (Fsp3) is 0.600. The Morgan fingerprint density at radius 1 is 1.09 bits per heavy atom. The molecule has 0 radical (unpaired) electrons. The SMILES string of the molecule is COc1ccc(S(=O)(=O)N2CCC(c3nc(C(=O)NC4(C5CCCCC5)CC4)cs3)CC2)cc1. The zero-order valence-electron chi connectivity index (χ0n) is 19.7. The highest BCUT2D eigenvalue weighted by atomic mass is 32.2. The first-order valence-electron chi connectivity index (χ1n) is 12.3. The van der Waals surface area contributed by atoms with Crippen molar-refractivity contribution in [3.05, 3.63) is 40.3 Å². The Hall–Kier alpha value is -1.97. The molecule has 3 aliphatic rings. The number of aromatic nitrogens is 1. The molecule has 5 rings (SSSR count). The van der Waals surface area contributed by atoms with Gasteiger partial charge in [0.25, 0.3) is 5.91 Å². The number of amides is 1. The Morgan fingerprint density at radius 2 is 1.76 bits per heavy atom. The van der Waals surface area contributed by atoms with Crippen molar-refractivity contribution in [1.82, 2.24) is 14.6 Å². The van der Waals surface area contributed by atoms with Crippen molar-refractivity contribution in [3.8, 4) is 5.75 Å². The maximum absolute atomic E-state index is 13.0. The molecule has 3 fully saturated rings. The number of sulfonamides is 1. The van der Waals surface area contributed by atoms with E-state index in [-0.39, 0.29) is 22.3 Å². The summed E-state index contributed by atoms with van der Waals surface area (Å²) >= 11 is 1.52. The zero-order valence-corrected chi connectivity index (χ0v) is 21.3. The summed E-state index contributed by atoms with van der Waals surface area (Å²) in [5, 5.41) is 6.13. The topological polar surface area (TPSA) is 88.6 Å². The molecule has 1 aliphatic heterocycles. The average Bonchev–Trinajstić information content (AvgIpc) is 3.48. The molecule has 184 valence electrons. The molecular weight excluding hydrogens is 470 g/mol. The van der Waals surface area contributed by atoms with Crippen LogP contribution in [-0.4, -0.2) is 49.4 Å². The van der Waals surface area contributed by atoms with Crippen molar-refractivity contribution in [2.75, 3.05) is 20.2 Å². The lowest BCUT2D eigenvalue weighted by atomic mass is 9.82. The fourth-order valence-electron chi connectivity index (χ4n) is 5.53. The van der Waals surface area contributed by atoms with Gasteiger partial charge in [0.1, 0.15) is 11.4 Å². The summed E-state index contributed by atoms with van der Waals surface area (Å²) in [7, 11) is -1.97. The van der Waals surface area contributed by atoms with Gasteiger partial charge < -0.3 is 10.1 Å². The van der Waals surface area contributed by atoms with Crippen molar-refractivity contribution in [3.63, 3.8) is 0 Å². The third kappa shape index (κ3) is 4.75. The molecule has 0 spiro atoms. The second-order valence-corrected chi connectivity index (χ2v) is 12.7. The van der Waals surface area contributed by atoms with Gasteiger partial charge in [-0.25, -0.2) is 13.4 Å². The van der Waals surface area contributed by atoms with E-state index in [0.29, 0.717) is 43.3 Å². The summed E-state index contributed by atoms with van der Waals surface area (Å²) in [5.41, 5.74) is 0.512. The predicted molar refractivity (Wildman–Crippen MR) is 132 cm³/mol. The molecule has 1 amide bonds. The highest BCUT2D eigenvalue weighted by molar-refractivity contribution is 7.89. The van der Waals surface area contributed by atoms with E-state index in [1.165, 1.54) is 43.4 Å². The number of hydrogen-bond donors (Lipinski definition) is 1. The zero-order chi connectivity index (χ0) is 23.8. The van der Waals surface area contributed by atoms with Crippen LogP contribution in [0.3, 0.4) is 0 Å². The Balaban J connectivity index is 1.18. The van der Waals surface area contributed by atoms with Crippen LogP contribution in [0.2, 0.25) is 0 Å². The van der Waals surface area contributed by atoms with Crippen molar-refractivity contribution in [2.24, 2.45) is 5.92 Å². The van der Waals surface area contributed by atoms with Crippen molar-refractivity contribution >= 4 is 27.3 Å². The Kier molecular flexibility index (Phi) is 6.70. The number of benzene rings is 1. The smallest absolute Gasteiger partial charge is 0.271 e. The number of carbonyl (C=O) groups excluding carboxylic acids is 1. The van der Waals surface area contributed by atoms with Crippen molar-refractivity contribution in [2.45, 2.75) is 74.1 Å². The maximum atomic E-state index is 13.0. The standard InChI is InChI=1S/C25H33N3O4S2/c1-32-20-7-9-21(10-8-20)34(30,31)28-15-11-18(12-16-28)24-26-22(17-33-24)23(29)27-25(13-14-25)19-5-3-2-4-6-19/h7-10,17-19H,2-6,11-16H2,1H3,(H,27,29). The molecule has 7 nitrogen and oxygen atoms in total. The first-order valence-corrected chi connectivity index (χ1v) is 14.7. The average molecular weight is 504 g/mol. The second-order valence-electron chi connectivity index (χ2n) is 9.87. The molecule has 9 heteroatoms. The van der Waals surface area contributed by atoms with E-state index in [2.05, 4.69) is 10.3 Å². The van der Waals surface area contributed by atoms with Crippen LogP contribution in [0.4, 0.5) is 0 Å². The number of nitrogens with one attached hydrogen (secondary N) is 1. The minimum Gasteiger partial charge on any atom is -0.497 e. The summed E-state index contributed by atoms with van der Waals surface area (Å²) in [6.45, 7) is 0.899. The molecule has 2 heterocycles. The number of piperidine rings is 1. The number of ether oxygens (including phenoxy) is 1. The van der Waals surface area contributed by atoms with E-state index in [4.69, 9.17) is 4.74 Å². The van der Waals surface area contributed by atoms with Crippen LogP contribution < -0.4 is 10.1 Å². The van der Waals surface area contributed by atoms with Crippen LogP contribution in [0.15, 0.2) is 34.5 Å². The molecule has 2 saturated carbocycles. The molecule has 2 aromatic rings. The molecule has 1 aromatic carbocycles. The Bertz CT molecular complexity index is 1110. The van der Waals surface area contributed by atoms with E-state index < -0.39 is 10.0 Å². The van der Waals surface area contributed by atoms with Crippen LogP contribution >= 0.6 is 11.3 Å². The lowest BCUT2D eigenvalue weighted by Crippen LogP contribution is -2.43. The minimum atomic E-state index is -3.53. The summed E-state index contributed by atoms with van der Waals surface area (Å²) in [4.78, 5) is 17.9. The van der Waals surface area contributed by atoms with Crippen LogP contribution in [-0.2, 0) is 10.0 Å². The van der Waals surface area contributed by atoms with Crippen LogP contribution in [0.5, 0.6) is 5.75 Å². The highest BCUT2D eigenvalue weighted by Gasteiger charge is 2.50. The summed E-state index contributed by atoms with van der Waals surface area (Å²) in [6.07, 6.45) is 9.89. The number of hydrogen-bond acceptors (Lipinski definition) is 6. The largest absolute Gasteiger partial charge is 0.497 e. The highest BCUT2D eigenvalue weighted by Crippen LogP contribution is 2.48. The molecule has 0 bridgehead atoms. The van der Waals surface area contributed by atoms with E-state index in [9.17, 15) is 13.2 Å². The van der Waals surface area contributed by atoms with E-state index >= 15 is 0 Å². The monoisotopic (exact) mass is 503 g/mol. The first kappa shape index (κ1) is 23.8. The van der Waals surface area contributed by atoms with Gasteiger partial charge in [0.05, 0.1) is 17.0 Å². The number of thiazole rings is 1. The van der Waals surface area contributed by atoms with Gasteiger partial charge >= 0.3 is 0 Å². The van der Waals surface area contributed by atoms with Crippen LogP contribution in [0, 0.1) is 5.92 Å². The quantitative estimate of drug-likeness (QED) is 0.598. The Morgan fingerprint density at radius 3 is 2.38 bits per heavy atom. The van der Waals surface area contributed by atoms with E-state index in [0.717, 1.165) is 17.8 Å². The molecule has 2 aliphatic carbocycles. The second kappa shape index (κ2) is 9.59. The van der Waals surface area contributed by atoms with Gasteiger partial charge in [0.15, 0.2) is 0 Å². The molecule has 1 saturated heterocycles. The van der Waals surface area contributed by atoms with Gasteiger partial charge in [-0.2, -0.15) is 4.31 Å². The van der Waals surface area contributed by atoms with E-state index in [1.54, 1.807) is 35.7 Å². The lowest BCUT2D eigenvalue weighted by Gasteiger charge is -2.31. The predicted octanol–water partition coefficient (Wildman–Crippen LogP) is 4.56. The first-order chi connectivity index (χ1) is 16.4. The van der Waals surface area contributed by atoms with Gasteiger partial charge in [0, 0.05) is 29.9 Å². The normalized spacial score (nSPS) is 21.8. The molecular formula is C25H33N3O4S2. The van der Waals surface area contributed by atoms with Gasteiger partial charge in [-0.05, 0) is 68.7 Å². The van der Waals surface area contributed by atoms with Crippen LogP contribution in [0.1, 0.15) is 79.2 Å². The maximum Gasteiger partial charge on any atom is 0.271 e. The minimum absolute atomic E-state index is 0.00242. The van der Waals surface area contributed by atoms with Crippen LogP contribution in [0.25, 0.3) is 0 Å². The molecule has 0 unspecified atom stereocenters. The fourth-order valence-corrected chi connectivity index (χ4v) is 7.98.